The summed E-state index contributed by atoms with van der Waals surface area (Å²) in [7, 11) is 0. The maximum atomic E-state index is 4.19. The van der Waals surface area contributed by atoms with Gasteiger partial charge in [0.15, 0.2) is 0 Å². The molecule has 0 radical (unpaired) electrons. The van der Waals surface area contributed by atoms with Crippen LogP contribution in [0.5, 0.6) is 0 Å². The third-order valence-electron chi connectivity index (χ3n) is 4.16. The maximum Gasteiger partial charge on any atom is 0.0597 e. The standard InChI is InChI=1S/C14H15Br/c1-9(2)14(15)12-7-8-13(14)11-6-4-3-5-10(11)12/h3-6,12-13H,1,7-8H2,2H3/t12-,13+,14?. The third kappa shape index (κ3) is 1.02. The van der Waals surface area contributed by atoms with Crippen LogP contribution in [0.1, 0.15) is 42.7 Å². The van der Waals surface area contributed by atoms with Crippen molar-refractivity contribution in [1.82, 2.24) is 0 Å². The number of benzene rings is 1. The molecule has 2 aliphatic rings. The van der Waals surface area contributed by atoms with Crippen molar-refractivity contribution in [3.8, 4) is 0 Å². The number of halogens is 1. The lowest BCUT2D eigenvalue weighted by molar-refractivity contribution is 0.630. The fourth-order valence-electron chi connectivity index (χ4n) is 3.50. The van der Waals surface area contributed by atoms with Crippen molar-refractivity contribution in [1.29, 1.82) is 0 Å². The van der Waals surface area contributed by atoms with E-state index in [0.29, 0.717) is 11.8 Å². The van der Waals surface area contributed by atoms with Crippen LogP contribution in [0.2, 0.25) is 0 Å². The smallest absolute Gasteiger partial charge is 0.0597 e. The summed E-state index contributed by atoms with van der Waals surface area (Å²) in [5.74, 6) is 1.30. The van der Waals surface area contributed by atoms with Gasteiger partial charge in [-0.1, -0.05) is 52.3 Å². The fraction of sp³-hybridized carbons (Fsp3) is 0.429. The molecule has 15 heavy (non-hydrogen) atoms. The minimum Gasteiger partial charge on any atom is -0.0987 e. The summed E-state index contributed by atoms with van der Waals surface area (Å²) in [5, 5.41) is 0. The molecule has 0 amide bonds. The zero-order chi connectivity index (χ0) is 10.6. The normalized spacial score (nSPS) is 36.7. The molecule has 0 heterocycles. The molecule has 1 aromatic carbocycles. The lowest BCUT2D eigenvalue weighted by atomic mass is 9.89. The summed E-state index contributed by atoms with van der Waals surface area (Å²) < 4.78 is 0.149. The largest absolute Gasteiger partial charge is 0.0987 e. The van der Waals surface area contributed by atoms with Crippen molar-refractivity contribution in [3.05, 3.63) is 47.5 Å². The second-order valence-corrected chi connectivity index (χ2v) is 6.17. The van der Waals surface area contributed by atoms with E-state index in [2.05, 4.69) is 53.7 Å². The molecule has 2 aliphatic carbocycles. The topological polar surface area (TPSA) is 0 Å². The Hall–Kier alpha value is -0.560. The summed E-state index contributed by atoms with van der Waals surface area (Å²) in [6, 6.07) is 8.90. The molecule has 0 saturated heterocycles. The summed E-state index contributed by atoms with van der Waals surface area (Å²) in [5.41, 5.74) is 4.38. The number of hydrogen-bond acceptors (Lipinski definition) is 0. The van der Waals surface area contributed by atoms with Crippen molar-refractivity contribution in [3.63, 3.8) is 0 Å². The van der Waals surface area contributed by atoms with Crippen LogP contribution in [0.4, 0.5) is 0 Å². The number of allylic oxidation sites excluding steroid dienone is 1. The summed E-state index contributed by atoms with van der Waals surface area (Å²) in [6.45, 7) is 6.34. The zero-order valence-corrected chi connectivity index (χ0v) is 10.5. The monoisotopic (exact) mass is 262 g/mol. The molecule has 1 saturated carbocycles. The van der Waals surface area contributed by atoms with Crippen LogP contribution >= 0.6 is 15.9 Å². The molecule has 1 heteroatoms. The molecule has 1 fully saturated rings. The Kier molecular flexibility index (Phi) is 1.91. The SMILES string of the molecule is C=C(C)C1(Br)[C@@H]2CC[C@H]1c1ccccc12. The van der Waals surface area contributed by atoms with Gasteiger partial charge in [0.25, 0.3) is 0 Å². The van der Waals surface area contributed by atoms with E-state index in [1.807, 2.05) is 0 Å². The van der Waals surface area contributed by atoms with Gasteiger partial charge >= 0.3 is 0 Å². The van der Waals surface area contributed by atoms with E-state index in [0.717, 1.165) is 0 Å². The van der Waals surface area contributed by atoms with Gasteiger partial charge in [-0.05, 0) is 30.9 Å². The molecular weight excluding hydrogens is 248 g/mol. The molecule has 2 bridgehead atoms. The van der Waals surface area contributed by atoms with Crippen LogP contribution in [0.25, 0.3) is 0 Å². The van der Waals surface area contributed by atoms with Crippen molar-refractivity contribution in [2.75, 3.05) is 0 Å². The third-order valence-corrected chi connectivity index (χ3v) is 5.94. The molecule has 1 unspecified atom stereocenters. The molecule has 78 valence electrons. The average Bonchev–Trinajstić information content (AvgIpc) is 2.70. The molecule has 0 nitrogen and oxygen atoms in total. The van der Waals surface area contributed by atoms with Crippen LogP contribution in [-0.2, 0) is 0 Å². The van der Waals surface area contributed by atoms with Gasteiger partial charge in [-0.2, -0.15) is 0 Å². The van der Waals surface area contributed by atoms with E-state index in [9.17, 15) is 0 Å². The Morgan fingerprint density at radius 2 is 1.73 bits per heavy atom. The van der Waals surface area contributed by atoms with Gasteiger partial charge in [-0.25, -0.2) is 0 Å². The Labute approximate surface area is 99.5 Å². The van der Waals surface area contributed by atoms with Gasteiger partial charge in [0.05, 0.1) is 4.32 Å². The molecule has 0 N–H and O–H groups in total. The first-order valence-electron chi connectivity index (χ1n) is 5.59. The van der Waals surface area contributed by atoms with Crippen LogP contribution in [-0.4, -0.2) is 4.32 Å². The van der Waals surface area contributed by atoms with E-state index in [1.54, 1.807) is 11.1 Å². The quantitative estimate of drug-likeness (QED) is 0.521. The lowest BCUT2D eigenvalue weighted by Crippen LogP contribution is -2.25. The Morgan fingerprint density at radius 3 is 2.13 bits per heavy atom. The van der Waals surface area contributed by atoms with E-state index in [-0.39, 0.29) is 4.32 Å². The van der Waals surface area contributed by atoms with Crippen LogP contribution in [0.3, 0.4) is 0 Å². The second-order valence-electron chi connectivity index (χ2n) is 4.86. The minimum atomic E-state index is 0.149. The molecular formula is C14H15Br. The summed E-state index contributed by atoms with van der Waals surface area (Å²) in [4.78, 5) is 0. The molecule has 0 spiro atoms. The highest BCUT2D eigenvalue weighted by atomic mass is 79.9. The Bertz CT molecular complexity index is 402. The molecule has 0 aliphatic heterocycles. The van der Waals surface area contributed by atoms with Crippen LogP contribution in [0, 0.1) is 0 Å². The average molecular weight is 263 g/mol. The lowest BCUT2D eigenvalue weighted by Gasteiger charge is -2.28. The highest BCUT2D eigenvalue weighted by molar-refractivity contribution is 9.10. The van der Waals surface area contributed by atoms with E-state index < -0.39 is 0 Å². The fourth-order valence-corrected chi connectivity index (χ4v) is 4.45. The first-order chi connectivity index (χ1) is 7.15. The molecule has 0 aromatic heterocycles. The van der Waals surface area contributed by atoms with Gasteiger partial charge in [-0.3, -0.25) is 0 Å². The second kappa shape index (κ2) is 2.98. The van der Waals surface area contributed by atoms with E-state index >= 15 is 0 Å². The number of rotatable bonds is 1. The summed E-state index contributed by atoms with van der Waals surface area (Å²) in [6.07, 6.45) is 2.61. The number of alkyl halides is 1. The molecule has 3 atom stereocenters. The predicted molar refractivity (Wildman–Crippen MR) is 67.6 cm³/mol. The first kappa shape index (κ1) is 9.65. The zero-order valence-electron chi connectivity index (χ0n) is 8.96. The van der Waals surface area contributed by atoms with Crippen molar-refractivity contribution < 1.29 is 0 Å². The Balaban J connectivity index is 2.20. The number of fused-ring (bicyclic) bond motifs is 5. The van der Waals surface area contributed by atoms with Gasteiger partial charge in [0.2, 0.25) is 0 Å². The number of hydrogen-bond donors (Lipinski definition) is 0. The van der Waals surface area contributed by atoms with Gasteiger partial charge < -0.3 is 0 Å². The van der Waals surface area contributed by atoms with E-state index in [1.165, 1.54) is 18.4 Å². The Morgan fingerprint density at radius 1 is 1.27 bits per heavy atom. The predicted octanol–water partition coefficient (Wildman–Crippen LogP) is 4.37. The first-order valence-corrected chi connectivity index (χ1v) is 6.38. The van der Waals surface area contributed by atoms with Crippen molar-refractivity contribution in [2.24, 2.45) is 0 Å². The van der Waals surface area contributed by atoms with E-state index in [4.69, 9.17) is 0 Å². The maximum absolute atomic E-state index is 4.19. The van der Waals surface area contributed by atoms with Crippen molar-refractivity contribution in [2.45, 2.75) is 35.9 Å². The highest BCUT2D eigenvalue weighted by Crippen LogP contribution is 2.65. The van der Waals surface area contributed by atoms with Gasteiger partial charge in [-0.15, -0.1) is 0 Å². The van der Waals surface area contributed by atoms with Crippen molar-refractivity contribution >= 4 is 15.9 Å². The highest BCUT2D eigenvalue weighted by Gasteiger charge is 2.56. The van der Waals surface area contributed by atoms with Gasteiger partial charge in [0, 0.05) is 11.8 Å². The summed E-state index contributed by atoms with van der Waals surface area (Å²) >= 11 is 3.98. The van der Waals surface area contributed by atoms with Crippen LogP contribution < -0.4 is 0 Å². The van der Waals surface area contributed by atoms with Crippen LogP contribution in [0.15, 0.2) is 36.4 Å². The molecule has 3 rings (SSSR count). The van der Waals surface area contributed by atoms with Gasteiger partial charge in [0.1, 0.15) is 0 Å². The minimum absolute atomic E-state index is 0.149. The molecule has 1 aromatic rings.